The van der Waals surface area contributed by atoms with Crippen molar-refractivity contribution in [1.82, 2.24) is 0 Å². The van der Waals surface area contributed by atoms with Crippen molar-refractivity contribution >= 4 is 23.2 Å². The van der Waals surface area contributed by atoms with E-state index in [0.717, 1.165) is 12.0 Å². The van der Waals surface area contributed by atoms with E-state index < -0.39 is 0 Å². The van der Waals surface area contributed by atoms with Gasteiger partial charge in [0, 0.05) is 12.0 Å². The molecule has 1 aromatic carbocycles. The highest BCUT2D eigenvalue weighted by Gasteiger charge is 2.15. The number of benzene rings is 1. The molecule has 1 nitrogen and oxygen atoms in total. The van der Waals surface area contributed by atoms with E-state index in [2.05, 4.69) is 6.58 Å². The third-order valence-corrected chi connectivity index (χ3v) is 3.17. The molecule has 2 N–H and O–H groups in total. The van der Waals surface area contributed by atoms with Crippen LogP contribution in [0.15, 0.2) is 30.9 Å². The highest BCUT2D eigenvalue weighted by molar-refractivity contribution is 6.42. The van der Waals surface area contributed by atoms with Crippen molar-refractivity contribution in [3.8, 4) is 0 Å². The monoisotopic (exact) mass is 243 g/mol. The Morgan fingerprint density at radius 1 is 1.40 bits per heavy atom. The second kappa shape index (κ2) is 5.55. The van der Waals surface area contributed by atoms with Crippen molar-refractivity contribution in [3.05, 3.63) is 46.5 Å². The van der Waals surface area contributed by atoms with Gasteiger partial charge >= 0.3 is 0 Å². The van der Waals surface area contributed by atoms with Crippen LogP contribution in [0.3, 0.4) is 0 Å². The molecule has 0 radical (unpaired) electrons. The zero-order chi connectivity index (χ0) is 11.4. The number of allylic oxidation sites excluding steroid dienone is 1. The fourth-order valence-electron chi connectivity index (χ4n) is 1.58. The standard InChI is InChI=1S/C12H15Cl2N/c1-3-4-10(8(2)15)9-5-6-11(13)12(14)7-9/h3,5-8,10H,1,4,15H2,2H3/t8-,10+/m0/s1. The lowest BCUT2D eigenvalue weighted by Gasteiger charge is -2.20. The zero-order valence-corrected chi connectivity index (χ0v) is 10.2. The third kappa shape index (κ3) is 3.23. The smallest absolute Gasteiger partial charge is 0.0595 e. The summed E-state index contributed by atoms with van der Waals surface area (Å²) < 4.78 is 0. The molecule has 0 heterocycles. The summed E-state index contributed by atoms with van der Waals surface area (Å²) in [5, 5.41) is 1.14. The molecule has 3 heteroatoms. The van der Waals surface area contributed by atoms with Gasteiger partial charge < -0.3 is 5.73 Å². The van der Waals surface area contributed by atoms with Crippen LogP contribution >= 0.6 is 23.2 Å². The number of nitrogens with two attached hydrogens (primary N) is 1. The van der Waals surface area contributed by atoms with Gasteiger partial charge in [0.1, 0.15) is 0 Å². The Balaban J connectivity index is 3.00. The lowest BCUT2D eigenvalue weighted by Crippen LogP contribution is -2.24. The lowest BCUT2D eigenvalue weighted by atomic mass is 9.90. The maximum Gasteiger partial charge on any atom is 0.0595 e. The van der Waals surface area contributed by atoms with E-state index in [0.29, 0.717) is 10.0 Å². The minimum absolute atomic E-state index is 0.0697. The molecule has 0 spiro atoms. The molecule has 0 amide bonds. The zero-order valence-electron chi connectivity index (χ0n) is 8.71. The summed E-state index contributed by atoms with van der Waals surface area (Å²) in [5.41, 5.74) is 7.03. The Bertz CT molecular complexity index is 347. The average Bonchev–Trinajstić information content (AvgIpc) is 2.18. The summed E-state index contributed by atoms with van der Waals surface area (Å²) in [7, 11) is 0. The van der Waals surface area contributed by atoms with Gasteiger partial charge in [-0.3, -0.25) is 0 Å². The molecule has 0 aromatic heterocycles. The molecule has 0 aliphatic carbocycles. The van der Waals surface area contributed by atoms with Gasteiger partial charge in [-0.2, -0.15) is 0 Å². The Morgan fingerprint density at radius 2 is 2.07 bits per heavy atom. The minimum Gasteiger partial charge on any atom is -0.327 e. The first-order valence-electron chi connectivity index (χ1n) is 4.87. The van der Waals surface area contributed by atoms with Crippen LogP contribution in [0.2, 0.25) is 10.0 Å². The second-order valence-corrected chi connectivity index (χ2v) is 4.48. The number of rotatable bonds is 4. The van der Waals surface area contributed by atoms with Gasteiger partial charge in [-0.15, -0.1) is 6.58 Å². The first kappa shape index (κ1) is 12.6. The predicted octanol–water partition coefficient (Wildman–Crippen LogP) is 4.00. The second-order valence-electron chi connectivity index (χ2n) is 3.66. The first-order chi connectivity index (χ1) is 7.06. The minimum atomic E-state index is 0.0697. The van der Waals surface area contributed by atoms with Crippen LogP contribution in [0.5, 0.6) is 0 Å². The summed E-state index contributed by atoms with van der Waals surface area (Å²) in [5.74, 6) is 0.247. The molecule has 0 fully saturated rings. The predicted molar refractivity (Wildman–Crippen MR) is 67.7 cm³/mol. The molecular formula is C12H15Cl2N. The maximum absolute atomic E-state index is 5.96. The number of hydrogen-bond acceptors (Lipinski definition) is 1. The van der Waals surface area contributed by atoms with Crippen LogP contribution in [-0.2, 0) is 0 Å². The van der Waals surface area contributed by atoms with Crippen molar-refractivity contribution < 1.29 is 0 Å². The first-order valence-corrected chi connectivity index (χ1v) is 5.63. The summed E-state index contributed by atoms with van der Waals surface area (Å²) in [4.78, 5) is 0. The molecule has 1 aromatic rings. The Labute approximate surface area is 101 Å². The van der Waals surface area contributed by atoms with E-state index >= 15 is 0 Å². The van der Waals surface area contributed by atoms with Gasteiger partial charge in [0.05, 0.1) is 10.0 Å². The van der Waals surface area contributed by atoms with E-state index in [-0.39, 0.29) is 12.0 Å². The van der Waals surface area contributed by atoms with Gasteiger partial charge in [-0.25, -0.2) is 0 Å². The van der Waals surface area contributed by atoms with E-state index in [1.807, 2.05) is 25.1 Å². The lowest BCUT2D eigenvalue weighted by molar-refractivity contribution is 0.574. The molecule has 82 valence electrons. The van der Waals surface area contributed by atoms with Crippen LogP contribution in [0, 0.1) is 0 Å². The van der Waals surface area contributed by atoms with E-state index in [9.17, 15) is 0 Å². The molecule has 0 unspecified atom stereocenters. The van der Waals surface area contributed by atoms with Gasteiger partial charge in [0.15, 0.2) is 0 Å². The normalized spacial score (nSPS) is 14.7. The van der Waals surface area contributed by atoms with E-state index in [1.165, 1.54) is 0 Å². The Morgan fingerprint density at radius 3 is 2.53 bits per heavy atom. The van der Waals surface area contributed by atoms with Crippen LogP contribution in [0.4, 0.5) is 0 Å². The largest absolute Gasteiger partial charge is 0.327 e. The molecule has 1 rings (SSSR count). The maximum atomic E-state index is 5.96. The van der Waals surface area contributed by atoms with Crippen molar-refractivity contribution in [3.63, 3.8) is 0 Å². The van der Waals surface area contributed by atoms with Crippen LogP contribution in [0.25, 0.3) is 0 Å². The average molecular weight is 244 g/mol. The van der Waals surface area contributed by atoms with Gasteiger partial charge in [0.2, 0.25) is 0 Å². The summed E-state index contributed by atoms with van der Waals surface area (Å²) in [6.45, 7) is 5.72. The molecule has 15 heavy (non-hydrogen) atoms. The Hall–Kier alpha value is -0.500. The molecule has 2 atom stereocenters. The van der Waals surface area contributed by atoms with Crippen molar-refractivity contribution in [2.24, 2.45) is 5.73 Å². The van der Waals surface area contributed by atoms with Crippen LogP contribution in [0.1, 0.15) is 24.8 Å². The Kier molecular flexibility index (Phi) is 4.65. The number of hydrogen-bond donors (Lipinski definition) is 1. The highest BCUT2D eigenvalue weighted by Crippen LogP contribution is 2.29. The van der Waals surface area contributed by atoms with Crippen molar-refractivity contribution in [2.45, 2.75) is 25.3 Å². The van der Waals surface area contributed by atoms with Gasteiger partial charge in [-0.1, -0.05) is 35.3 Å². The van der Waals surface area contributed by atoms with Gasteiger partial charge in [0.25, 0.3) is 0 Å². The highest BCUT2D eigenvalue weighted by atomic mass is 35.5. The topological polar surface area (TPSA) is 26.0 Å². The quantitative estimate of drug-likeness (QED) is 0.796. The summed E-state index contributed by atoms with van der Waals surface area (Å²) in [6, 6.07) is 5.71. The summed E-state index contributed by atoms with van der Waals surface area (Å²) >= 11 is 11.8. The molecule has 0 aliphatic heterocycles. The van der Waals surface area contributed by atoms with Gasteiger partial charge in [-0.05, 0) is 31.0 Å². The van der Waals surface area contributed by atoms with Crippen molar-refractivity contribution in [1.29, 1.82) is 0 Å². The fraction of sp³-hybridized carbons (Fsp3) is 0.333. The molecule has 0 bridgehead atoms. The number of halogens is 2. The summed E-state index contributed by atoms with van der Waals surface area (Å²) in [6.07, 6.45) is 2.71. The van der Waals surface area contributed by atoms with E-state index in [4.69, 9.17) is 28.9 Å². The SMILES string of the molecule is C=CC[C@@H](c1ccc(Cl)c(Cl)c1)[C@H](C)N. The molecule has 0 saturated carbocycles. The third-order valence-electron chi connectivity index (χ3n) is 2.43. The molecular weight excluding hydrogens is 229 g/mol. The fourth-order valence-corrected chi connectivity index (χ4v) is 1.88. The molecule has 0 aliphatic rings. The van der Waals surface area contributed by atoms with Crippen LogP contribution < -0.4 is 5.73 Å². The van der Waals surface area contributed by atoms with E-state index in [1.54, 1.807) is 6.07 Å². The van der Waals surface area contributed by atoms with Crippen LogP contribution in [-0.4, -0.2) is 6.04 Å². The van der Waals surface area contributed by atoms with Crippen molar-refractivity contribution in [2.75, 3.05) is 0 Å². The molecule has 0 saturated heterocycles.